The molecule has 0 radical (unpaired) electrons. The molecule has 8 heteroatoms. The van der Waals surface area contributed by atoms with Gasteiger partial charge in [-0.1, -0.05) is 13.3 Å². The molecular weight excluding hydrogens is 304 g/mol. The summed E-state index contributed by atoms with van der Waals surface area (Å²) < 4.78 is 26.0. The van der Waals surface area contributed by atoms with Gasteiger partial charge in [-0.15, -0.1) is 0 Å². The summed E-state index contributed by atoms with van der Waals surface area (Å²) in [7, 11) is -3.22. The molecule has 1 saturated heterocycles. The molecule has 1 aromatic rings. The summed E-state index contributed by atoms with van der Waals surface area (Å²) in [4.78, 5) is 21.9. The third-order valence-electron chi connectivity index (χ3n) is 3.67. The number of nitrogens with zero attached hydrogens (tertiary/aromatic N) is 4. The van der Waals surface area contributed by atoms with Crippen molar-refractivity contribution < 1.29 is 13.2 Å². The highest BCUT2D eigenvalue weighted by atomic mass is 32.2. The molecule has 0 aromatic carbocycles. The van der Waals surface area contributed by atoms with Gasteiger partial charge in [0.15, 0.2) is 0 Å². The fourth-order valence-corrected chi connectivity index (χ4v) is 4.08. The zero-order chi connectivity index (χ0) is 16.0. The van der Waals surface area contributed by atoms with Crippen molar-refractivity contribution in [1.29, 1.82) is 0 Å². The van der Waals surface area contributed by atoms with Crippen LogP contribution in [0.3, 0.4) is 0 Å². The molecule has 0 aliphatic carbocycles. The Bertz CT molecular complexity index is 591. The Morgan fingerprint density at radius 3 is 2.73 bits per heavy atom. The Morgan fingerprint density at radius 1 is 1.23 bits per heavy atom. The highest BCUT2D eigenvalue weighted by Gasteiger charge is 2.27. The lowest BCUT2D eigenvalue weighted by Gasteiger charge is -2.21. The van der Waals surface area contributed by atoms with Crippen LogP contribution in [-0.4, -0.2) is 65.4 Å². The molecule has 0 spiro atoms. The van der Waals surface area contributed by atoms with E-state index in [2.05, 4.69) is 9.97 Å². The first-order valence-electron chi connectivity index (χ1n) is 7.57. The van der Waals surface area contributed by atoms with Crippen LogP contribution in [0.5, 0.6) is 0 Å². The van der Waals surface area contributed by atoms with Crippen LogP contribution in [0, 0.1) is 0 Å². The first kappa shape index (κ1) is 16.8. The molecule has 122 valence electrons. The minimum atomic E-state index is -3.22. The number of rotatable bonds is 5. The first-order chi connectivity index (χ1) is 10.5. The third kappa shape index (κ3) is 4.23. The maximum atomic E-state index is 12.3. The van der Waals surface area contributed by atoms with E-state index in [1.54, 1.807) is 4.90 Å². The van der Waals surface area contributed by atoms with Crippen molar-refractivity contribution in [1.82, 2.24) is 19.2 Å². The van der Waals surface area contributed by atoms with Gasteiger partial charge < -0.3 is 4.90 Å². The molecule has 2 rings (SSSR count). The fraction of sp³-hybridized carbons (Fsp3) is 0.643. The second-order valence-corrected chi connectivity index (χ2v) is 7.39. The van der Waals surface area contributed by atoms with Crippen LogP contribution in [0.1, 0.15) is 36.7 Å². The van der Waals surface area contributed by atoms with Gasteiger partial charge in [-0.25, -0.2) is 17.7 Å². The van der Waals surface area contributed by atoms with Crippen LogP contribution < -0.4 is 0 Å². The number of carbonyl (C=O) groups is 1. The van der Waals surface area contributed by atoms with E-state index in [-0.39, 0.29) is 11.7 Å². The van der Waals surface area contributed by atoms with Crippen LogP contribution in [0.4, 0.5) is 0 Å². The van der Waals surface area contributed by atoms with Crippen LogP contribution in [0.2, 0.25) is 0 Å². The number of sulfonamides is 1. The van der Waals surface area contributed by atoms with Crippen LogP contribution in [0.25, 0.3) is 0 Å². The molecule has 1 aromatic heterocycles. The average Bonchev–Trinajstić information content (AvgIpc) is 2.80. The van der Waals surface area contributed by atoms with Gasteiger partial charge in [0.1, 0.15) is 5.69 Å². The molecule has 0 bridgehead atoms. The molecule has 2 heterocycles. The lowest BCUT2D eigenvalue weighted by molar-refractivity contribution is 0.0758. The normalized spacial score (nSPS) is 17.2. The minimum absolute atomic E-state index is 0.182. The zero-order valence-corrected chi connectivity index (χ0v) is 13.6. The summed E-state index contributed by atoms with van der Waals surface area (Å²) in [6.07, 6.45) is 6.58. The predicted molar refractivity (Wildman–Crippen MR) is 82.8 cm³/mol. The standard InChI is InChI=1S/C14H22N4O3S/c1-2-3-11-22(20,21)18-8-4-7-17(9-10-18)14(19)13-12-15-5-6-16-13/h5-6,12H,2-4,7-11H2,1H3. The van der Waals surface area contributed by atoms with Gasteiger partial charge in [0.25, 0.3) is 5.91 Å². The minimum Gasteiger partial charge on any atom is -0.336 e. The van der Waals surface area contributed by atoms with Crippen molar-refractivity contribution in [3.63, 3.8) is 0 Å². The molecule has 22 heavy (non-hydrogen) atoms. The largest absolute Gasteiger partial charge is 0.336 e. The highest BCUT2D eigenvalue weighted by Crippen LogP contribution is 2.12. The molecule has 1 aliphatic rings. The van der Waals surface area contributed by atoms with E-state index in [0.29, 0.717) is 44.7 Å². The maximum absolute atomic E-state index is 12.3. The summed E-state index contributed by atoms with van der Waals surface area (Å²) in [5.41, 5.74) is 0.296. The lowest BCUT2D eigenvalue weighted by atomic mass is 10.3. The SMILES string of the molecule is CCCCS(=O)(=O)N1CCCN(C(=O)c2cnccn2)CC1. The quantitative estimate of drug-likeness (QED) is 0.797. The van der Waals surface area contributed by atoms with Gasteiger partial charge in [0.05, 0.1) is 11.9 Å². The van der Waals surface area contributed by atoms with Crippen LogP contribution in [-0.2, 0) is 10.0 Å². The van der Waals surface area contributed by atoms with E-state index < -0.39 is 10.0 Å². The van der Waals surface area contributed by atoms with Crippen molar-refractivity contribution in [2.45, 2.75) is 26.2 Å². The Hall–Kier alpha value is -1.54. The van der Waals surface area contributed by atoms with Gasteiger partial charge in [-0.3, -0.25) is 9.78 Å². The van der Waals surface area contributed by atoms with Crippen molar-refractivity contribution in [2.75, 3.05) is 31.9 Å². The van der Waals surface area contributed by atoms with Gasteiger partial charge in [-0.05, 0) is 12.8 Å². The van der Waals surface area contributed by atoms with Gasteiger partial charge >= 0.3 is 0 Å². The Morgan fingerprint density at radius 2 is 2.05 bits per heavy atom. The number of amides is 1. The Kier molecular flexibility index (Phi) is 5.84. The summed E-state index contributed by atoms with van der Waals surface area (Å²) in [6.45, 7) is 3.71. The van der Waals surface area contributed by atoms with E-state index in [1.165, 1.54) is 22.9 Å². The molecule has 1 aliphatic heterocycles. The smallest absolute Gasteiger partial charge is 0.274 e. The second kappa shape index (κ2) is 7.64. The molecular formula is C14H22N4O3S. The topological polar surface area (TPSA) is 83.5 Å². The van der Waals surface area contributed by atoms with Gasteiger partial charge in [0, 0.05) is 38.6 Å². The summed E-state index contributed by atoms with van der Waals surface area (Å²) in [6, 6.07) is 0. The van der Waals surface area contributed by atoms with E-state index in [4.69, 9.17) is 0 Å². The van der Waals surface area contributed by atoms with Crippen molar-refractivity contribution in [3.05, 3.63) is 24.3 Å². The second-order valence-electron chi connectivity index (χ2n) is 5.31. The van der Waals surface area contributed by atoms with Crippen molar-refractivity contribution in [2.24, 2.45) is 0 Å². The number of unbranched alkanes of at least 4 members (excludes halogenated alkanes) is 1. The molecule has 0 atom stereocenters. The molecule has 1 fully saturated rings. The fourth-order valence-electron chi connectivity index (χ4n) is 2.40. The number of hydrogen-bond acceptors (Lipinski definition) is 5. The number of aromatic nitrogens is 2. The monoisotopic (exact) mass is 326 g/mol. The summed E-state index contributed by atoms with van der Waals surface area (Å²) in [5.74, 6) is -0.0115. The highest BCUT2D eigenvalue weighted by molar-refractivity contribution is 7.89. The van der Waals surface area contributed by atoms with E-state index in [0.717, 1.165) is 6.42 Å². The molecule has 0 unspecified atom stereocenters. The van der Waals surface area contributed by atoms with Crippen molar-refractivity contribution >= 4 is 15.9 Å². The van der Waals surface area contributed by atoms with Gasteiger partial charge in [0.2, 0.25) is 10.0 Å². The van der Waals surface area contributed by atoms with E-state index in [1.807, 2.05) is 6.92 Å². The average molecular weight is 326 g/mol. The lowest BCUT2D eigenvalue weighted by Crippen LogP contribution is -2.38. The van der Waals surface area contributed by atoms with Crippen LogP contribution in [0.15, 0.2) is 18.6 Å². The Labute approximate surface area is 131 Å². The number of hydrogen-bond donors (Lipinski definition) is 0. The maximum Gasteiger partial charge on any atom is 0.274 e. The zero-order valence-electron chi connectivity index (χ0n) is 12.8. The molecule has 7 nitrogen and oxygen atoms in total. The van der Waals surface area contributed by atoms with Crippen molar-refractivity contribution in [3.8, 4) is 0 Å². The first-order valence-corrected chi connectivity index (χ1v) is 9.18. The van der Waals surface area contributed by atoms with Gasteiger partial charge in [-0.2, -0.15) is 0 Å². The summed E-state index contributed by atoms with van der Waals surface area (Å²) in [5, 5.41) is 0. The van der Waals surface area contributed by atoms with E-state index in [9.17, 15) is 13.2 Å². The Balaban J connectivity index is 1.99. The van der Waals surface area contributed by atoms with E-state index >= 15 is 0 Å². The summed E-state index contributed by atoms with van der Waals surface area (Å²) >= 11 is 0. The molecule has 1 amide bonds. The van der Waals surface area contributed by atoms with Crippen LogP contribution >= 0.6 is 0 Å². The predicted octanol–water partition coefficient (Wildman–Crippen LogP) is 0.754. The third-order valence-corrected chi connectivity index (χ3v) is 5.63. The molecule has 0 saturated carbocycles. The number of carbonyl (C=O) groups excluding carboxylic acids is 1. The molecule has 0 N–H and O–H groups in total.